The second kappa shape index (κ2) is 8.26. The number of aromatic nitrogens is 6. The highest BCUT2D eigenvalue weighted by atomic mass is 19.1. The maximum atomic E-state index is 13.7. The van der Waals surface area contributed by atoms with Crippen molar-refractivity contribution < 1.29 is 4.39 Å². The Morgan fingerprint density at radius 3 is 2.41 bits per heavy atom. The van der Waals surface area contributed by atoms with Crippen LogP contribution in [0.2, 0.25) is 0 Å². The van der Waals surface area contributed by atoms with Gasteiger partial charge in [-0.3, -0.25) is 0 Å². The van der Waals surface area contributed by atoms with Crippen LogP contribution in [0.25, 0.3) is 17.3 Å². The Morgan fingerprint density at radius 2 is 1.79 bits per heavy atom. The lowest BCUT2D eigenvalue weighted by molar-refractivity contribution is 0.637. The average molecular weight is 388 g/mol. The van der Waals surface area contributed by atoms with Crippen molar-refractivity contribution in [2.24, 2.45) is 5.92 Å². The van der Waals surface area contributed by atoms with Gasteiger partial charge in [-0.2, -0.15) is 0 Å². The molecular weight excluding hydrogens is 367 g/mol. The van der Waals surface area contributed by atoms with Gasteiger partial charge >= 0.3 is 0 Å². The normalized spacial score (nSPS) is 20.0. The van der Waals surface area contributed by atoms with Crippen molar-refractivity contribution in [2.45, 2.75) is 26.2 Å². The van der Waals surface area contributed by atoms with Crippen molar-refractivity contribution in [2.75, 3.05) is 0 Å². The topological polar surface area (TPSA) is 69.4 Å². The van der Waals surface area contributed by atoms with Crippen LogP contribution in [0.15, 0.2) is 79.2 Å². The SMILES string of the molecule is C/C=C(/C=C(\C=C(/C)F)C1CC1c1cnc(-c2ncccn2)nc1)n1ccnc1. The molecule has 146 valence electrons. The molecule has 0 spiro atoms. The van der Waals surface area contributed by atoms with Gasteiger partial charge in [0.1, 0.15) is 0 Å². The van der Waals surface area contributed by atoms with Crippen LogP contribution in [0.3, 0.4) is 0 Å². The summed E-state index contributed by atoms with van der Waals surface area (Å²) in [7, 11) is 0. The van der Waals surface area contributed by atoms with Crippen LogP contribution in [0.1, 0.15) is 31.7 Å². The van der Waals surface area contributed by atoms with Crippen molar-refractivity contribution >= 4 is 5.70 Å². The molecule has 29 heavy (non-hydrogen) atoms. The van der Waals surface area contributed by atoms with Crippen molar-refractivity contribution in [3.63, 3.8) is 0 Å². The summed E-state index contributed by atoms with van der Waals surface area (Å²) in [4.78, 5) is 21.3. The molecule has 3 aromatic rings. The summed E-state index contributed by atoms with van der Waals surface area (Å²) in [5.74, 6) is 1.28. The fourth-order valence-corrected chi connectivity index (χ4v) is 3.37. The lowest BCUT2D eigenvalue weighted by atomic mass is 10.0. The summed E-state index contributed by atoms with van der Waals surface area (Å²) in [6.45, 7) is 3.42. The lowest BCUT2D eigenvalue weighted by Gasteiger charge is -2.07. The Balaban J connectivity index is 1.56. The minimum atomic E-state index is -0.212. The molecule has 1 saturated carbocycles. The highest BCUT2D eigenvalue weighted by Gasteiger charge is 2.41. The van der Waals surface area contributed by atoms with Gasteiger partial charge in [-0.05, 0) is 61.5 Å². The molecule has 3 heterocycles. The molecule has 0 radical (unpaired) electrons. The molecule has 2 atom stereocenters. The van der Waals surface area contributed by atoms with E-state index in [4.69, 9.17) is 0 Å². The van der Waals surface area contributed by atoms with Crippen LogP contribution < -0.4 is 0 Å². The van der Waals surface area contributed by atoms with Crippen LogP contribution in [0.4, 0.5) is 4.39 Å². The van der Waals surface area contributed by atoms with Gasteiger partial charge in [-0.15, -0.1) is 0 Å². The fourth-order valence-electron chi connectivity index (χ4n) is 3.37. The van der Waals surface area contributed by atoms with Crippen LogP contribution in [-0.2, 0) is 0 Å². The third-order valence-electron chi connectivity index (χ3n) is 4.86. The van der Waals surface area contributed by atoms with Gasteiger partial charge in [0.25, 0.3) is 0 Å². The Hall–Kier alpha value is -3.48. The molecule has 6 nitrogen and oxygen atoms in total. The van der Waals surface area contributed by atoms with Gasteiger partial charge in [0, 0.05) is 42.9 Å². The zero-order valence-corrected chi connectivity index (χ0v) is 16.3. The van der Waals surface area contributed by atoms with Crippen molar-refractivity contribution in [1.82, 2.24) is 29.5 Å². The fraction of sp³-hybridized carbons (Fsp3) is 0.227. The summed E-state index contributed by atoms with van der Waals surface area (Å²) in [5, 5.41) is 0. The molecule has 1 aliphatic carbocycles. The predicted molar refractivity (Wildman–Crippen MR) is 109 cm³/mol. The van der Waals surface area contributed by atoms with Crippen molar-refractivity contribution in [3.8, 4) is 11.6 Å². The molecule has 7 heteroatoms. The average Bonchev–Trinajstić information content (AvgIpc) is 3.36. The first-order chi connectivity index (χ1) is 14.2. The second-order valence-corrected chi connectivity index (χ2v) is 6.92. The van der Waals surface area contributed by atoms with Crippen LogP contribution in [0, 0.1) is 5.92 Å². The monoisotopic (exact) mass is 388 g/mol. The number of rotatable bonds is 6. The van der Waals surface area contributed by atoms with E-state index in [1.165, 1.54) is 6.92 Å². The van der Waals surface area contributed by atoms with E-state index in [0.717, 1.165) is 23.3 Å². The molecule has 0 saturated heterocycles. The van der Waals surface area contributed by atoms with Gasteiger partial charge in [-0.25, -0.2) is 29.3 Å². The molecule has 4 rings (SSSR count). The van der Waals surface area contributed by atoms with Gasteiger partial charge in [-0.1, -0.05) is 6.08 Å². The first-order valence-electron chi connectivity index (χ1n) is 9.45. The summed E-state index contributed by atoms with van der Waals surface area (Å²) in [6, 6.07) is 1.75. The summed E-state index contributed by atoms with van der Waals surface area (Å²) in [6.07, 6.45) is 18.8. The third-order valence-corrected chi connectivity index (χ3v) is 4.86. The number of imidazole rings is 1. The summed E-state index contributed by atoms with van der Waals surface area (Å²) < 4.78 is 15.7. The van der Waals surface area contributed by atoms with E-state index >= 15 is 0 Å². The van der Waals surface area contributed by atoms with Gasteiger partial charge < -0.3 is 4.57 Å². The van der Waals surface area contributed by atoms with Crippen LogP contribution in [-0.4, -0.2) is 29.5 Å². The van der Waals surface area contributed by atoms with E-state index in [0.29, 0.717) is 11.6 Å². The molecular formula is C22H21FN6. The number of halogens is 1. The lowest BCUT2D eigenvalue weighted by Crippen LogP contribution is -1.97. The molecule has 2 unspecified atom stereocenters. The molecule has 1 aliphatic rings. The summed E-state index contributed by atoms with van der Waals surface area (Å²) >= 11 is 0. The first-order valence-corrected chi connectivity index (χ1v) is 9.45. The Morgan fingerprint density at radius 1 is 1.07 bits per heavy atom. The Bertz CT molecular complexity index is 1050. The standard InChI is InChI=1S/C22H21FN6/c1-3-18(29-8-7-24-14-29)10-16(9-15(2)23)19-11-20(19)17-12-27-22(28-13-17)21-25-5-4-6-26-21/h3-10,12-14,19-20H,11H2,1-2H3/b15-9+,16-10+,18-3-. The van der Waals surface area contributed by atoms with E-state index < -0.39 is 0 Å². The molecule has 3 aromatic heterocycles. The molecule has 0 amide bonds. The Labute approximate surface area is 168 Å². The van der Waals surface area contributed by atoms with E-state index in [2.05, 4.69) is 24.9 Å². The van der Waals surface area contributed by atoms with E-state index in [-0.39, 0.29) is 17.7 Å². The van der Waals surface area contributed by atoms with Crippen molar-refractivity contribution in [3.05, 3.63) is 84.8 Å². The minimum Gasteiger partial charge on any atom is -0.307 e. The minimum absolute atomic E-state index is 0.212. The highest BCUT2D eigenvalue weighted by Crippen LogP contribution is 2.52. The quantitative estimate of drug-likeness (QED) is 0.578. The number of hydrogen-bond acceptors (Lipinski definition) is 5. The molecule has 1 fully saturated rings. The summed E-state index contributed by atoms with van der Waals surface area (Å²) in [5.41, 5.74) is 2.94. The maximum Gasteiger partial charge on any atom is 0.197 e. The van der Waals surface area contributed by atoms with Crippen LogP contribution >= 0.6 is 0 Å². The van der Waals surface area contributed by atoms with E-state index in [1.807, 2.05) is 42.2 Å². The van der Waals surface area contributed by atoms with Gasteiger partial charge in [0.05, 0.1) is 12.2 Å². The number of allylic oxidation sites excluding steroid dienone is 6. The number of nitrogens with zero attached hydrogens (tertiary/aromatic N) is 6. The zero-order valence-electron chi connectivity index (χ0n) is 16.3. The van der Waals surface area contributed by atoms with Gasteiger partial charge in [0.15, 0.2) is 11.6 Å². The first kappa shape index (κ1) is 18.9. The van der Waals surface area contributed by atoms with Gasteiger partial charge in [0.2, 0.25) is 0 Å². The van der Waals surface area contributed by atoms with E-state index in [9.17, 15) is 4.39 Å². The molecule has 0 bridgehead atoms. The maximum absolute atomic E-state index is 13.7. The Kier molecular flexibility index (Phi) is 5.37. The molecule has 0 N–H and O–H groups in total. The molecule has 0 aromatic carbocycles. The zero-order chi connectivity index (χ0) is 20.2. The van der Waals surface area contributed by atoms with E-state index in [1.54, 1.807) is 37.1 Å². The third kappa shape index (κ3) is 4.34. The smallest absolute Gasteiger partial charge is 0.197 e. The largest absolute Gasteiger partial charge is 0.307 e. The number of hydrogen-bond donors (Lipinski definition) is 0. The molecule has 0 aliphatic heterocycles. The highest BCUT2D eigenvalue weighted by molar-refractivity contribution is 5.60. The predicted octanol–water partition coefficient (Wildman–Crippen LogP) is 4.59. The second-order valence-electron chi connectivity index (χ2n) is 6.92. The van der Waals surface area contributed by atoms with Crippen LogP contribution in [0.5, 0.6) is 0 Å². The van der Waals surface area contributed by atoms with Crippen molar-refractivity contribution in [1.29, 1.82) is 0 Å².